The van der Waals surface area contributed by atoms with Crippen molar-refractivity contribution in [2.75, 3.05) is 24.7 Å². The highest BCUT2D eigenvalue weighted by Crippen LogP contribution is 2.20. The summed E-state index contributed by atoms with van der Waals surface area (Å²) in [5.74, 6) is 0. The van der Waals surface area contributed by atoms with Crippen molar-refractivity contribution in [3.8, 4) is 0 Å². The summed E-state index contributed by atoms with van der Waals surface area (Å²) >= 11 is 0. The van der Waals surface area contributed by atoms with E-state index in [1.807, 2.05) is 0 Å². The summed E-state index contributed by atoms with van der Waals surface area (Å²) in [6.07, 6.45) is -3.98. The van der Waals surface area contributed by atoms with E-state index in [1.54, 1.807) is 18.2 Å². The van der Waals surface area contributed by atoms with Gasteiger partial charge in [0.2, 0.25) is 0 Å². The molecule has 0 aliphatic heterocycles. The monoisotopic (exact) mass is 234 g/mol. The number of nitrogens with two attached hydrogens (primary N) is 2. The Kier molecular flexibility index (Phi) is 4.00. The predicted octanol–water partition coefficient (Wildman–Crippen LogP) is 1.97. The molecule has 1 aromatic rings. The highest BCUT2D eigenvalue weighted by atomic mass is 19.4. The van der Waals surface area contributed by atoms with Crippen LogP contribution < -0.4 is 11.5 Å². The Bertz CT molecular complexity index is 352. The summed E-state index contributed by atoms with van der Waals surface area (Å²) in [4.78, 5) is 0. The van der Waals surface area contributed by atoms with Crippen LogP contribution in [0.25, 0.3) is 0 Å². The van der Waals surface area contributed by atoms with Gasteiger partial charge in [0.25, 0.3) is 0 Å². The zero-order valence-electron chi connectivity index (χ0n) is 8.55. The minimum Gasteiger partial charge on any atom is -0.397 e. The molecule has 0 radical (unpaired) electrons. The average molecular weight is 234 g/mol. The summed E-state index contributed by atoms with van der Waals surface area (Å²) in [5, 5.41) is 0. The van der Waals surface area contributed by atoms with E-state index in [9.17, 15) is 13.2 Å². The predicted molar refractivity (Wildman–Crippen MR) is 55.8 cm³/mol. The molecule has 90 valence electrons. The molecule has 0 atom stereocenters. The van der Waals surface area contributed by atoms with Crippen LogP contribution in [0, 0.1) is 0 Å². The first-order valence-electron chi connectivity index (χ1n) is 4.67. The molecular weight excluding hydrogens is 221 g/mol. The van der Waals surface area contributed by atoms with E-state index in [2.05, 4.69) is 4.74 Å². The smallest absolute Gasteiger partial charge is 0.397 e. The van der Waals surface area contributed by atoms with Crippen LogP contribution in [0.15, 0.2) is 18.2 Å². The van der Waals surface area contributed by atoms with Crippen LogP contribution in [0.1, 0.15) is 5.56 Å². The molecule has 1 aromatic carbocycles. The Morgan fingerprint density at radius 3 is 2.50 bits per heavy atom. The summed E-state index contributed by atoms with van der Waals surface area (Å²) in [7, 11) is 0. The van der Waals surface area contributed by atoms with Crippen LogP contribution in [0.3, 0.4) is 0 Å². The molecule has 0 aliphatic rings. The lowest BCUT2D eigenvalue weighted by Gasteiger charge is -2.09. The Labute approximate surface area is 91.2 Å². The third kappa shape index (κ3) is 3.98. The van der Waals surface area contributed by atoms with Crippen LogP contribution in [-0.2, 0) is 11.2 Å². The fraction of sp³-hybridized carbons (Fsp3) is 0.400. The number of ether oxygens (including phenoxy) is 1. The summed E-state index contributed by atoms with van der Waals surface area (Å²) in [5.41, 5.74) is 12.7. The normalized spacial score (nSPS) is 11.7. The van der Waals surface area contributed by atoms with Gasteiger partial charge in [-0.3, -0.25) is 0 Å². The molecule has 0 spiro atoms. The molecule has 16 heavy (non-hydrogen) atoms. The number of anilines is 2. The van der Waals surface area contributed by atoms with E-state index in [0.717, 1.165) is 0 Å². The molecule has 4 N–H and O–H groups in total. The van der Waals surface area contributed by atoms with Gasteiger partial charge < -0.3 is 16.2 Å². The van der Waals surface area contributed by atoms with Gasteiger partial charge in [-0.15, -0.1) is 0 Å². The van der Waals surface area contributed by atoms with Gasteiger partial charge in [-0.05, 0) is 18.1 Å². The molecule has 0 bridgehead atoms. The fourth-order valence-electron chi connectivity index (χ4n) is 1.22. The molecule has 0 unspecified atom stereocenters. The third-order valence-electron chi connectivity index (χ3n) is 2.01. The van der Waals surface area contributed by atoms with Crippen molar-refractivity contribution in [1.82, 2.24) is 0 Å². The summed E-state index contributed by atoms with van der Waals surface area (Å²) in [6.45, 7) is -1.28. The highest BCUT2D eigenvalue weighted by molar-refractivity contribution is 5.67. The third-order valence-corrected chi connectivity index (χ3v) is 2.01. The standard InChI is InChI=1S/C10H13F3N2O/c11-10(12,13)6-16-5-4-7-2-1-3-8(14)9(7)15/h1-3H,4-6,14-15H2. The number of para-hydroxylation sites is 1. The van der Waals surface area contributed by atoms with E-state index in [-0.39, 0.29) is 6.61 Å². The van der Waals surface area contributed by atoms with Crippen molar-refractivity contribution in [2.24, 2.45) is 0 Å². The average Bonchev–Trinajstić information content (AvgIpc) is 2.17. The topological polar surface area (TPSA) is 61.3 Å². The van der Waals surface area contributed by atoms with Gasteiger partial charge in [-0.25, -0.2) is 0 Å². The quantitative estimate of drug-likeness (QED) is 0.618. The van der Waals surface area contributed by atoms with E-state index in [4.69, 9.17) is 11.5 Å². The zero-order chi connectivity index (χ0) is 12.2. The van der Waals surface area contributed by atoms with Gasteiger partial charge in [0.05, 0.1) is 18.0 Å². The lowest BCUT2D eigenvalue weighted by molar-refractivity contribution is -0.173. The lowest BCUT2D eigenvalue weighted by atomic mass is 10.1. The van der Waals surface area contributed by atoms with E-state index < -0.39 is 12.8 Å². The molecular formula is C10H13F3N2O. The molecule has 6 heteroatoms. The number of hydrogen-bond donors (Lipinski definition) is 2. The number of benzene rings is 1. The van der Waals surface area contributed by atoms with Crippen molar-refractivity contribution in [2.45, 2.75) is 12.6 Å². The molecule has 1 rings (SSSR count). The minimum atomic E-state index is -4.29. The maximum absolute atomic E-state index is 11.8. The van der Waals surface area contributed by atoms with E-state index >= 15 is 0 Å². The molecule has 0 fully saturated rings. The first-order valence-corrected chi connectivity index (χ1v) is 4.67. The summed E-state index contributed by atoms with van der Waals surface area (Å²) in [6, 6.07) is 5.04. The molecule has 0 heterocycles. The molecule has 0 aliphatic carbocycles. The SMILES string of the molecule is Nc1cccc(CCOCC(F)(F)F)c1N. The number of halogens is 3. The van der Waals surface area contributed by atoms with Gasteiger partial charge in [0, 0.05) is 0 Å². The van der Waals surface area contributed by atoms with E-state index in [0.29, 0.717) is 23.4 Å². The van der Waals surface area contributed by atoms with Crippen molar-refractivity contribution >= 4 is 11.4 Å². The first-order chi connectivity index (χ1) is 7.40. The van der Waals surface area contributed by atoms with Gasteiger partial charge in [-0.1, -0.05) is 12.1 Å². The fourth-order valence-corrected chi connectivity index (χ4v) is 1.22. The molecule has 0 aromatic heterocycles. The Hall–Kier alpha value is -1.43. The van der Waals surface area contributed by atoms with Gasteiger partial charge >= 0.3 is 6.18 Å². The van der Waals surface area contributed by atoms with Gasteiger partial charge in [0.15, 0.2) is 0 Å². The second-order valence-corrected chi connectivity index (χ2v) is 3.34. The van der Waals surface area contributed by atoms with E-state index in [1.165, 1.54) is 0 Å². The van der Waals surface area contributed by atoms with Crippen LogP contribution in [0.2, 0.25) is 0 Å². The number of alkyl halides is 3. The highest BCUT2D eigenvalue weighted by Gasteiger charge is 2.27. The number of rotatable bonds is 4. The lowest BCUT2D eigenvalue weighted by Crippen LogP contribution is -2.18. The molecule has 0 amide bonds. The summed E-state index contributed by atoms with van der Waals surface area (Å²) < 4.78 is 39.7. The van der Waals surface area contributed by atoms with Gasteiger partial charge in [-0.2, -0.15) is 13.2 Å². The zero-order valence-corrected chi connectivity index (χ0v) is 8.55. The maximum Gasteiger partial charge on any atom is 0.411 e. The first kappa shape index (κ1) is 12.6. The number of nitrogen functional groups attached to an aromatic ring is 2. The Morgan fingerprint density at radius 1 is 1.19 bits per heavy atom. The maximum atomic E-state index is 11.8. The van der Waals surface area contributed by atoms with Crippen molar-refractivity contribution in [1.29, 1.82) is 0 Å². The second kappa shape index (κ2) is 5.07. The van der Waals surface area contributed by atoms with Crippen LogP contribution >= 0.6 is 0 Å². The second-order valence-electron chi connectivity index (χ2n) is 3.34. The van der Waals surface area contributed by atoms with Crippen molar-refractivity contribution in [3.63, 3.8) is 0 Å². The largest absolute Gasteiger partial charge is 0.411 e. The van der Waals surface area contributed by atoms with Crippen molar-refractivity contribution in [3.05, 3.63) is 23.8 Å². The molecule has 0 saturated carbocycles. The Morgan fingerprint density at radius 2 is 1.88 bits per heavy atom. The van der Waals surface area contributed by atoms with Crippen LogP contribution in [0.4, 0.5) is 24.5 Å². The molecule has 0 saturated heterocycles. The van der Waals surface area contributed by atoms with Crippen molar-refractivity contribution < 1.29 is 17.9 Å². The van der Waals surface area contributed by atoms with Gasteiger partial charge in [0.1, 0.15) is 6.61 Å². The number of hydrogen-bond acceptors (Lipinski definition) is 3. The molecule has 3 nitrogen and oxygen atoms in total. The van der Waals surface area contributed by atoms with Crippen LogP contribution in [-0.4, -0.2) is 19.4 Å². The van der Waals surface area contributed by atoms with Crippen LogP contribution in [0.5, 0.6) is 0 Å². The minimum absolute atomic E-state index is 0.0346. The Balaban J connectivity index is 2.41.